The number of phosphoric ester groups is 1. The first-order valence-electron chi connectivity index (χ1n) is 4.10. The van der Waals surface area contributed by atoms with Crippen LogP contribution in [0, 0.1) is 0 Å². The smallest absolute Gasteiger partial charge is 0.312 e. The summed E-state index contributed by atoms with van der Waals surface area (Å²) in [5.41, 5.74) is 0. The van der Waals surface area contributed by atoms with Crippen LogP contribution >= 0.6 is 7.82 Å². The molecule has 0 aliphatic heterocycles. The summed E-state index contributed by atoms with van der Waals surface area (Å²) in [5.74, 6) is 0. The van der Waals surface area contributed by atoms with Gasteiger partial charge in [0, 0.05) is 0 Å². The Morgan fingerprint density at radius 1 is 1.31 bits per heavy atom. The molecule has 0 heterocycles. The molecule has 0 aliphatic rings. The maximum atomic E-state index is 9.98. The molecule has 0 unspecified atom stereocenters. The van der Waals surface area contributed by atoms with Crippen LogP contribution in [0.3, 0.4) is 0 Å². The molecule has 0 amide bonds. The van der Waals surface area contributed by atoms with Gasteiger partial charge in [0.1, 0.15) is 0 Å². The standard InChI is InChI=1S/C4H11O4P.C3H9N/c1-2-3-4-8-9(5,6)7;1-4(2)3/h2-4H2,1H3,(H2,5,6,7);1-3H3. The highest BCUT2D eigenvalue weighted by Crippen LogP contribution is 2.35. The van der Waals surface area contributed by atoms with E-state index in [1.165, 1.54) is 0 Å². The van der Waals surface area contributed by atoms with Gasteiger partial charge in [-0.2, -0.15) is 0 Å². The molecular formula is C7H20NO4P. The van der Waals surface area contributed by atoms with Gasteiger partial charge in [0.05, 0.1) is 6.61 Å². The lowest BCUT2D eigenvalue weighted by Crippen LogP contribution is -1.99. The second kappa shape index (κ2) is 8.66. The topological polar surface area (TPSA) is 70.0 Å². The number of nitrogens with zero attached hydrogens (tertiary/aromatic N) is 1. The van der Waals surface area contributed by atoms with Crippen molar-refractivity contribution in [2.24, 2.45) is 0 Å². The summed E-state index contributed by atoms with van der Waals surface area (Å²) in [5, 5.41) is 0. The molecule has 6 heteroatoms. The normalized spacial score (nSPS) is 11.0. The van der Waals surface area contributed by atoms with Crippen LogP contribution in [0.25, 0.3) is 0 Å². The quantitative estimate of drug-likeness (QED) is 0.540. The fourth-order valence-electron chi connectivity index (χ4n) is 0.328. The van der Waals surface area contributed by atoms with E-state index in [9.17, 15) is 4.57 Å². The Kier molecular flexibility index (Phi) is 10.3. The van der Waals surface area contributed by atoms with E-state index in [1.807, 2.05) is 33.0 Å². The first kappa shape index (κ1) is 15.5. The minimum absolute atomic E-state index is 0.140. The Morgan fingerprint density at radius 2 is 1.69 bits per heavy atom. The van der Waals surface area contributed by atoms with Crippen molar-refractivity contribution in [1.82, 2.24) is 4.90 Å². The number of rotatable bonds is 4. The summed E-state index contributed by atoms with van der Waals surface area (Å²) in [6, 6.07) is 0. The molecule has 0 fully saturated rings. The highest BCUT2D eigenvalue weighted by atomic mass is 31.2. The highest BCUT2D eigenvalue weighted by Gasteiger charge is 2.11. The number of hydrogen-bond acceptors (Lipinski definition) is 3. The van der Waals surface area contributed by atoms with Crippen molar-refractivity contribution in [3.8, 4) is 0 Å². The van der Waals surface area contributed by atoms with Crippen molar-refractivity contribution in [1.29, 1.82) is 0 Å². The molecule has 0 rings (SSSR count). The zero-order valence-electron chi connectivity index (χ0n) is 8.73. The summed E-state index contributed by atoms with van der Waals surface area (Å²) < 4.78 is 14.1. The monoisotopic (exact) mass is 213 g/mol. The molecule has 2 N–H and O–H groups in total. The fraction of sp³-hybridized carbons (Fsp3) is 1.00. The molecule has 0 saturated heterocycles. The fourth-order valence-corrected chi connectivity index (χ4v) is 0.695. The Labute approximate surface area is 79.9 Å². The second-order valence-electron chi connectivity index (χ2n) is 3.02. The zero-order valence-corrected chi connectivity index (χ0v) is 9.62. The summed E-state index contributed by atoms with van der Waals surface area (Å²) in [6.07, 6.45) is 1.56. The van der Waals surface area contributed by atoms with Gasteiger partial charge in [0.2, 0.25) is 0 Å². The van der Waals surface area contributed by atoms with Crippen LogP contribution in [0.4, 0.5) is 0 Å². The Balaban J connectivity index is 0. The molecule has 0 aromatic carbocycles. The van der Waals surface area contributed by atoms with Crippen LogP contribution in [0.5, 0.6) is 0 Å². The summed E-state index contributed by atoms with van der Waals surface area (Å²) in [7, 11) is 1.80. The van der Waals surface area contributed by atoms with Gasteiger partial charge in [-0.05, 0) is 27.6 Å². The predicted molar refractivity (Wildman–Crippen MR) is 52.5 cm³/mol. The van der Waals surface area contributed by atoms with Gasteiger partial charge in [0.25, 0.3) is 0 Å². The van der Waals surface area contributed by atoms with Crippen LogP contribution < -0.4 is 0 Å². The van der Waals surface area contributed by atoms with E-state index >= 15 is 0 Å². The van der Waals surface area contributed by atoms with Crippen LogP contribution in [-0.2, 0) is 9.09 Å². The Bertz CT molecular complexity index is 143. The van der Waals surface area contributed by atoms with Gasteiger partial charge in [-0.1, -0.05) is 13.3 Å². The molecule has 0 aliphatic carbocycles. The third-order valence-electron chi connectivity index (χ3n) is 0.757. The lowest BCUT2D eigenvalue weighted by molar-refractivity contribution is 0.194. The molecule has 82 valence electrons. The van der Waals surface area contributed by atoms with Gasteiger partial charge < -0.3 is 14.7 Å². The van der Waals surface area contributed by atoms with E-state index in [-0.39, 0.29) is 6.61 Å². The summed E-state index contributed by atoms with van der Waals surface area (Å²) in [4.78, 5) is 18.3. The first-order valence-corrected chi connectivity index (χ1v) is 5.63. The molecule has 5 nitrogen and oxygen atoms in total. The SMILES string of the molecule is CCCCOP(=O)(O)O.CN(C)C. The molecule has 0 radical (unpaired) electrons. The van der Waals surface area contributed by atoms with Gasteiger partial charge in [-0.15, -0.1) is 0 Å². The maximum Gasteiger partial charge on any atom is 0.469 e. The number of unbranched alkanes of at least 4 members (excludes halogenated alkanes) is 1. The lowest BCUT2D eigenvalue weighted by Gasteiger charge is -2.02. The molecule has 0 bridgehead atoms. The van der Waals surface area contributed by atoms with Gasteiger partial charge in [-0.25, -0.2) is 4.57 Å². The van der Waals surface area contributed by atoms with E-state index in [1.54, 1.807) is 0 Å². The Morgan fingerprint density at radius 3 is 1.92 bits per heavy atom. The molecular weight excluding hydrogens is 193 g/mol. The average Bonchev–Trinajstić information content (AvgIpc) is 1.83. The van der Waals surface area contributed by atoms with Crippen molar-refractivity contribution < 1.29 is 18.9 Å². The molecule has 0 spiro atoms. The van der Waals surface area contributed by atoms with Crippen molar-refractivity contribution in [2.45, 2.75) is 19.8 Å². The summed E-state index contributed by atoms with van der Waals surface area (Å²) in [6.45, 7) is 2.06. The second-order valence-corrected chi connectivity index (χ2v) is 4.26. The third kappa shape index (κ3) is 33.2. The van der Waals surface area contributed by atoms with Crippen molar-refractivity contribution in [3.63, 3.8) is 0 Å². The zero-order chi connectivity index (χ0) is 10.9. The van der Waals surface area contributed by atoms with Crippen LogP contribution in [0.15, 0.2) is 0 Å². The van der Waals surface area contributed by atoms with Gasteiger partial charge in [-0.3, -0.25) is 4.52 Å². The molecule has 0 aromatic heterocycles. The van der Waals surface area contributed by atoms with Gasteiger partial charge in [0.15, 0.2) is 0 Å². The minimum Gasteiger partial charge on any atom is -0.312 e. The van der Waals surface area contributed by atoms with E-state index in [0.29, 0.717) is 6.42 Å². The number of phosphoric acid groups is 1. The third-order valence-corrected chi connectivity index (χ3v) is 1.28. The molecule has 13 heavy (non-hydrogen) atoms. The van der Waals surface area contributed by atoms with Crippen LogP contribution in [-0.4, -0.2) is 42.4 Å². The van der Waals surface area contributed by atoms with E-state index in [0.717, 1.165) is 6.42 Å². The Hall–Kier alpha value is 0.0700. The van der Waals surface area contributed by atoms with E-state index < -0.39 is 7.82 Å². The average molecular weight is 213 g/mol. The molecule has 0 aromatic rings. The first-order chi connectivity index (χ1) is 5.79. The van der Waals surface area contributed by atoms with Crippen LogP contribution in [0.2, 0.25) is 0 Å². The molecule has 0 atom stereocenters. The van der Waals surface area contributed by atoms with E-state index in [2.05, 4.69) is 4.52 Å². The van der Waals surface area contributed by atoms with Gasteiger partial charge >= 0.3 is 7.82 Å². The maximum absolute atomic E-state index is 9.98. The van der Waals surface area contributed by atoms with Crippen molar-refractivity contribution in [3.05, 3.63) is 0 Å². The van der Waals surface area contributed by atoms with Crippen LogP contribution in [0.1, 0.15) is 19.8 Å². The minimum atomic E-state index is -4.20. The lowest BCUT2D eigenvalue weighted by atomic mass is 10.4. The largest absolute Gasteiger partial charge is 0.469 e. The summed E-state index contributed by atoms with van der Waals surface area (Å²) >= 11 is 0. The van der Waals surface area contributed by atoms with E-state index in [4.69, 9.17) is 9.79 Å². The van der Waals surface area contributed by atoms with Crippen molar-refractivity contribution >= 4 is 7.82 Å². The highest BCUT2D eigenvalue weighted by molar-refractivity contribution is 7.46. The molecule has 0 saturated carbocycles. The predicted octanol–water partition coefficient (Wildman–Crippen LogP) is 1.07. The number of hydrogen-bond donors (Lipinski definition) is 2. The van der Waals surface area contributed by atoms with Crippen molar-refractivity contribution in [2.75, 3.05) is 27.7 Å².